The molecule has 0 saturated carbocycles. The summed E-state index contributed by atoms with van der Waals surface area (Å²) in [7, 11) is 0. The average Bonchev–Trinajstić information content (AvgIpc) is 2.55. The van der Waals surface area contributed by atoms with E-state index in [0.29, 0.717) is 31.1 Å². The van der Waals surface area contributed by atoms with Crippen LogP contribution in [0.2, 0.25) is 0 Å². The van der Waals surface area contributed by atoms with Crippen LogP contribution in [0, 0.1) is 17.0 Å². The number of thiol groups is 1. The minimum Gasteiger partial charge on any atom is -0.379 e. The molecule has 0 aliphatic carbocycles. The number of aryl methyl sites for hydroxylation is 1. The van der Waals surface area contributed by atoms with Crippen molar-refractivity contribution in [3.63, 3.8) is 0 Å². The Labute approximate surface area is 92.8 Å². The lowest BCUT2D eigenvalue weighted by Crippen LogP contribution is -2.08. The number of rotatable bonds is 6. The molecule has 0 aliphatic heterocycles. The van der Waals surface area contributed by atoms with Crippen molar-refractivity contribution in [1.82, 2.24) is 9.78 Å². The highest BCUT2D eigenvalue weighted by molar-refractivity contribution is 7.80. The van der Waals surface area contributed by atoms with E-state index in [1.165, 1.54) is 4.68 Å². The second-order valence-electron chi connectivity index (χ2n) is 2.99. The molecule has 6 nitrogen and oxygen atoms in total. The molecule has 1 aromatic rings. The number of hydrogen-bond acceptors (Lipinski definition) is 5. The molecule has 0 aliphatic rings. The van der Waals surface area contributed by atoms with E-state index in [4.69, 9.17) is 4.74 Å². The fourth-order valence-corrected chi connectivity index (χ4v) is 1.26. The zero-order chi connectivity index (χ0) is 11.3. The van der Waals surface area contributed by atoms with E-state index >= 15 is 0 Å². The Kier molecular flexibility index (Phi) is 4.57. The molecule has 0 aromatic carbocycles. The van der Waals surface area contributed by atoms with E-state index in [0.717, 1.165) is 0 Å². The maximum atomic E-state index is 10.5. The highest BCUT2D eigenvalue weighted by Crippen LogP contribution is 2.13. The van der Waals surface area contributed by atoms with Gasteiger partial charge >= 0.3 is 5.82 Å². The Morgan fingerprint density at radius 3 is 2.93 bits per heavy atom. The van der Waals surface area contributed by atoms with E-state index in [2.05, 4.69) is 17.7 Å². The molecular formula is C8H13N3O3S. The van der Waals surface area contributed by atoms with Crippen LogP contribution in [-0.4, -0.2) is 33.7 Å². The predicted molar refractivity (Wildman–Crippen MR) is 58.3 cm³/mol. The third-order valence-electron chi connectivity index (χ3n) is 1.79. The zero-order valence-corrected chi connectivity index (χ0v) is 9.31. The fraction of sp³-hybridized carbons (Fsp3) is 0.625. The van der Waals surface area contributed by atoms with Gasteiger partial charge in [0.2, 0.25) is 0 Å². The van der Waals surface area contributed by atoms with Crippen molar-refractivity contribution < 1.29 is 9.66 Å². The molecule has 0 unspecified atom stereocenters. The van der Waals surface area contributed by atoms with Crippen molar-refractivity contribution in [3.05, 3.63) is 21.9 Å². The minimum absolute atomic E-state index is 0.0933. The van der Waals surface area contributed by atoms with Gasteiger partial charge in [-0.15, -0.1) is 0 Å². The lowest BCUT2D eigenvalue weighted by Gasteiger charge is -1.98. The smallest absolute Gasteiger partial charge is 0.379 e. The maximum absolute atomic E-state index is 10.5. The summed E-state index contributed by atoms with van der Waals surface area (Å²) in [5.74, 6) is 0.572. The SMILES string of the molecule is Cc1cn(CCOCCS)nc1[N+](=O)[O-]. The average molecular weight is 231 g/mol. The summed E-state index contributed by atoms with van der Waals surface area (Å²) >= 11 is 3.99. The third-order valence-corrected chi connectivity index (χ3v) is 1.97. The maximum Gasteiger partial charge on any atom is 0.392 e. The molecule has 84 valence electrons. The van der Waals surface area contributed by atoms with Crippen molar-refractivity contribution >= 4 is 18.4 Å². The van der Waals surface area contributed by atoms with Gasteiger partial charge in [0.15, 0.2) is 0 Å². The van der Waals surface area contributed by atoms with Crippen molar-refractivity contribution in [1.29, 1.82) is 0 Å². The second-order valence-corrected chi connectivity index (χ2v) is 3.44. The van der Waals surface area contributed by atoms with Crippen LogP contribution in [0.1, 0.15) is 5.56 Å². The Hall–Kier alpha value is -1.08. The van der Waals surface area contributed by atoms with Gasteiger partial charge in [0.25, 0.3) is 0 Å². The van der Waals surface area contributed by atoms with Gasteiger partial charge < -0.3 is 14.9 Å². The summed E-state index contributed by atoms with van der Waals surface area (Å²) in [4.78, 5) is 10.0. The van der Waals surface area contributed by atoms with Gasteiger partial charge in [0, 0.05) is 5.75 Å². The minimum atomic E-state index is -0.486. The number of hydrogen-bond donors (Lipinski definition) is 1. The van der Waals surface area contributed by atoms with Gasteiger partial charge in [-0.3, -0.25) is 0 Å². The quantitative estimate of drug-likeness (QED) is 0.344. The van der Waals surface area contributed by atoms with Crippen molar-refractivity contribution in [3.8, 4) is 0 Å². The number of ether oxygens (including phenoxy) is 1. The molecule has 0 bridgehead atoms. The number of nitrogens with zero attached hydrogens (tertiary/aromatic N) is 3. The first-order valence-electron chi connectivity index (χ1n) is 4.52. The highest BCUT2D eigenvalue weighted by atomic mass is 32.1. The molecule has 0 radical (unpaired) electrons. The Morgan fingerprint density at radius 2 is 2.40 bits per heavy atom. The van der Waals surface area contributed by atoms with Crippen LogP contribution >= 0.6 is 12.6 Å². The number of aromatic nitrogens is 2. The summed E-state index contributed by atoms with van der Waals surface area (Å²) in [6, 6.07) is 0. The topological polar surface area (TPSA) is 70.2 Å². The molecule has 0 spiro atoms. The van der Waals surface area contributed by atoms with Gasteiger partial charge in [-0.2, -0.15) is 17.3 Å². The molecule has 7 heteroatoms. The fourth-order valence-electron chi connectivity index (χ4n) is 1.13. The van der Waals surface area contributed by atoms with Crippen LogP contribution in [0.3, 0.4) is 0 Å². The normalized spacial score (nSPS) is 10.5. The van der Waals surface area contributed by atoms with Crippen LogP contribution in [0.15, 0.2) is 6.20 Å². The van der Waals surface area contributed by atoms with Crippen LogP contribution in [0.4, 0.5) is 5.82 Å². The van der Waals surface area contributed by atoms with E-state index < -0.39 is 4.92 Å². The number of nitro groups is 1. The molecule has 0 atom stereocenters. The molecule has 1 heterocycles. The highest BCUT2D eigenvalue weighted by Gasteiger charge is 2.16. The molecule has 15 heavy (non-hydrogen) atoms. The lowest BCUT2D eigenvalue weighted by atomic mass is 10.4. The van der Waals surface area contributed by atoms with E-state index in [1.807, 2.05) is 0 Å². The van der Waals surface area contributed by atoms with Crippen LogP contribution in [0.25, 0.3) is 0 Å². The van der Waals surface area contributed by atoms with Crippen LogP contribution in [-0.2, 0) is 11.3 Å². The van der Waals surface area contributed by atoms with Gasteiger partial charge in [0.05, 0.1) is 36.6 Å². The Morgan fingerprint density at radius 1 is 1.67 bits per heavy atom. The van der Waals surface area contributed by atoms with E-state index in [-0.39, 0.29) is 5.82 Å². The van der Waals surface area contributed by atoms with Crippen molar-refractivity contribution in [2.45, 2.75) is 13.5 Å². The lowest BCUT2D eigenvalue weighted by molar-refractivity contribution is -0.390. The summed E-state index contributed by atoms with van der Waals surface area (Å²) in [5.41, 5.74) is 0.564. The van der Waals surface area contributed by atoms with Crippen molar-refractivity contribution in [2.75, 3.05) is 19.0 Å². The first kappa shape index (κ1) is 12.0. The zero-order valence-electron chi connectivity index (χ0n) is 8.42. The third kappa shape index (κ3) is 3.52. The van der Waals surface area contributed by atoms with Gasteiger partial charge in [-0.05, 0) is 11.8 Å². The molecule has 0 fully saturated rings. The summed E-state index contributed by atoms with van der Waals surface area (Å²) in [6.45, 7) is 3.24. The van der Waals surface area contributed by atoms with Crippen LogP contribution < -0.4 is 0 Å². The Bertz CT molecular complexity index is 340. The Balaban J connectivity index is 2.48. The summed E-state index contributed by atoms with van der Waals surface area (Å²) in [5, 5.41) is 14.3. The first-order valence-corrected chi connectivity index (χ1v) is 5.15. The largest absolute Gasteiger partial charge is 0.392 e. The molecule has 0 amide bonds. The monoisotopic (exact) mass is 231 g/mol. The van der Waals surface area contributed by atoms with Gasteiger partial charge in [-0.25, -0.2) is 0 Å². The molecule has 0 N–H and O–H groups in total. The van der Waals surface area contributed by atoms with Crippen LogP contribution in [0.5, 0.6) is 0 Å². The molecule has 1 aromatic heterocycles. The second kappa shape index (κ2) is 5.72. The van der Waals surface area contributed by atoms with Gasteiger partial charge in [0.1, 0.15) is 0 Å². The van der Waals surface area contributed by atoms with E-state index in [9.17, 15) is 10.1 Å². The van der Waals surface area contributed by atoms with E-state index in [1.54, 1.807) is 13.1 Å². The molecule has 1 rings (SSSR count). The van der Waals surface area contributed by atoms with Crippen molar-refractivity contribution in [2.24, 2.45) is 0 Å². The molecular weight excluding hydrogens is 218 g/mol. The first-order chi connectivity index (χ1) is 7.15. The van der Waals surface area contributed by atoms with Gasteiger partial charge in [-0.1, -0.05) is 0 Å². The predicted octanol–water partition coefficient (Wildman–Crippen LogP) is 1.05. The molecule has 0 saturated heterocycles. The summed E-state index contributed by atoms with van der Waals surface area (Å²) < 4.78 is 6.71. The summed E-state index contributed by atoms with van der Waals surface area (Å²) in [6.07, 6.45) is 1.64. The standard InChI is InChI=1S/C8H13N3O3S/c1-7-6-10(2-3-14-4-5-15)9-8(7)11(12)13/h6,15H,2-5H2,1H3.